The molecule has 0 bridgehead atoms. The molecule has 0 aromatic heterocycles. The summed E-state index contributed by atoms with van der Waals surface area (Å²) in [4.78, 5) is 24.6. The van der Waals surface area contributed by atoms with Crippen LogP contribution >= 0.6 is 0 Å². The molecule has 2 atom stereocenters. The molecular weight excluding hydrogens is 839 g/mol. The number of hydrogen-bond donors (Lipinski definition) is 3. The van der Waals surface area contributed by atoms with Crippen LogP contribution in [-0.2, 0) is 14.3 Å². The Kier molecular flexibility index (Phi) is 56.5. The van der Waals surface area contributed by atoms with E-state index in [0.717, 1.165) is 64.2 Å². The number of ether oxygens (including phenoxy) is 1. The zero-order chi connectivity index (χ0) is 49.3. The van der Waals surface area contributed by atoms with Crippen molar-refractivity contribution >= 4 is 11.9 Å². The number of aliphatic hydroxyl groups excluding tert-OH is 2. The van der Waals surface area contributed by atoms with Gasteiger partial charge in [-0.15, -0.1) is 0 Å². The monoisotopic (exact) mass is 958 g/mol. The number of amides is 1. The fourth-order valence-electron chi connectivity index (χ4n) is 9.51. The molecule has 6 heteroatoms. The summed E-state index contributed by atoms with van der Waals surface area (Å²) >= 11 is 0. The lowest BCUT2D eigenvalue weighted by Crippen LogP contribution is -2.45. The van der Waals surface area contributed by atoms with Gasteiger partial charge in [-0.05, 0) is 77.0 Å². The zero-order valence-corrected chi connectivity index (χ0v) is 45.9. The molecule has 0 aromatic rings. The van der Waals surface area contributed by atoms with Gasteiger partial charge in [0, 0.05) is 12.8 Å². The first-order valence-electron chi connectivity index (χ1n) is 30.6. The molecule has 68 heavy (non-hydrogen) atoms. The summed E-state index contributed by atoms with van der Waals surface area (Å²) in [5.41, 5.74) is 0. The molecule has 0 heterocycles. The molecule has 2 unspecified atom stereocenters. The summed E-state index contributed by atoms with van der Waals surface area (Å²) < 4.78 is 5.47. The largest absolute Gasteiger partial charge is 0.466 e. The van der Waals surface area contributed by atoms with E-state index in [1.54, 1.807) is 0 Å². The van der Waals surface area contributed by atoms with Crippen LogP contribution in [0.2, 0.25) is 0 Å². The molecule has 402 valence electrons. The molecule has 0 fully saturated rings. The molecule has 0 rings (SSSR count). The van der Waals surface area contributed by atoms with Crippen LogP contribution in [0.25, 0.3) is 0 Å². The van der Waals surface area contributed by atoms with E-state index in [1.165, 1.54) is 238 Å². The number of nitrogens with one attached hydrogen (secondary N) is 1. The summed E-state index contributed by atoms with van der Waals surface area (Å²) in [7, 11) is 0. The minimum atomic E-state index is -0.676. The Bertz CT molecular complexity index is 1060. The highest BCUT2D eigenvalue weighted by Crippen LogP contribution is 2.17. The molecule has 0 saturated carbocycles. The lowest BCUT2D eigenvalue weighted by atomic mass is 10.0. The van der Waals surface area contributed by atoms with Gasteiger partial charge >= 0.3 is 5.97 Å². The third-order valence-electron chi connectivity index (χ3n) is 14.2. The molecular formula is C62H119NO5. The number of unbranched alkanes of at least 4 members (excludes halogenated alkanes) is 42. The Hall–Kier alpha value is -1.66. The van der Waals surface area contributed by atoms with Gasteiger partial charge in [-0.25, -0.2) is 0 Å². The number of carbonyl (C=O) groups is 2. The van der Waals surface area contributed by atoms with Crippen LogP contribution in [0.4, 0.5) is 0 Å². The summed E-state index contributed by atoms with van der Waals surface area (Å²) in [6.07, 6.45) is 70.3. The molecule has 0 aliphatic rings. The number of aliphatic hydroxyl groups is 2. The normalized spacial score (nSPS) is 12.7. The topological polar surface area (TPSA) is 95.9 Å². The molecule has 0 aromatic carbocycles. The number of hydrogen-bond acceptors (Lipinski definition) is 5. The number of esters is 1. The van der Waals surface area contributed by atoms with Crippen molar-refractivity contribution < 1.29 is 24.5 Å². The fourth-order valence-corrected chi connectivity index (χ4v) is 9.51. The summed E-state index contributed by atoms with van der Waals surface area (Å²) in [6, 6.07) is -0.554. The average molecular weight is 959 g/mol. The molecule has 6 nitrogen and oxygen atoms in total. The summed E-state index contributed by atoms with van der Waals surface area (Å²) in [6.45, 7) is 4.94. The van der Waals surface area contributed by atoms with Gasteiger partial charge in [0.05, 0.1) is 25.4 Å². The minimum absolute atomic E-state index is 0.00957. The molecule has 0 aliphatic carbocycles. The Morgan fingerprint density at radius 3 is 1.04 bits per heavy atom. The maximum absolute atomic E-state index is 12.5. The lowest BCUT2D eigenvalue weighted by Gasteiger charge is -2.22. The predicted molar refractivity (Wildman–Crippen MR) is 296 cm³/mol. The van der Waals surface area contributed by atoms with Crippen molar-refractivity contribution in [2.45, 2.75) is 347 Å². The molecule has 3 N–H and O–H groups in total. The number of allylic oxidation sites excluding steroid dienone is 4. The van der Waals surface area contributed by atoms with Crippen LogP contribution < -0.4 is 5.32 Å². The van der Waals surface area contributed by atoms with Crippen molar-refractivity contribution in [1.29, 1.82) is 0 Å². The second-order valence-corrected chi connectivity index (χ2v) is 21.0. The first kappa shape index (κ1) is 66.3. The van der Waals surface area contributed by atoms with Crippen LogP contribution in [-0.4, -0.2) is 47.4 Å². The van der Waals surface area contributed by atoms with Crippen LogP contribution in [0.3, 0.4) is 0 Å². The quantitative estimate of drug-likeness (QED) is 0.0321. The smallest absolute Gasteiger partial charge is 0.305 e. The Balaban J connectivity index is 3.46. The van der Waals surface area contributed by atoms with Gasteiger partial charge in [-0.1, -0.05) is 269 Å². The molecule has 0 radical (unpaired) electrons. The Morgan fingerprint density at radius 1 is 0.397 bits per heavy atom. The van der Waals surface area contributed by atoms with Crippen molar-refractivity contribution in [2.75, 3.05) is 13.2 Å². The minimum Gasteiger partial charge on any atom is -0.466 e. The standard InChI is InChI=1S/C62H119NO5/c1-3-5-7-9-11-13-15-17-19-21-22-23-26-30-34-38-42-46-50-54-60(65)59(58-64)63-61(66)55-51-47-43-39-35-31-27-24-25-29-33-37-41-45-49-53-57-68-62(67)56-52-48-44-40-36-32-28-20-18-16-14-12-10-8-6-4-2/h20,24,27-28,59-60,64-65H,3-19,21-23,25-26,29-58H2,1-2H3,(H,63,66)/b27-24-,28-20-. The summed E-state index contributed by atoms with van der Waals surface area (Å²) in [5.74, 6) is -0.0592. The molecule has 1 amide bonds. The maximum atomic E-state index is 12.5. The van der Waals surface area contributed by atoms with Crippen molar-refractivity contribution in [2.24, 2.45) is 0 Å². The zero-order valence-electron chi connectivity index (χ0n) is 45.9. The van der Waals surface area contributed by atoms with Crippen LogP contribution in [0.1, 0.15) is 335 Å². The van der Waals surface area contributed by atoms with E-state index in [1.807, 2.05) is 0 Å². The van der Waals surface area contributed by atoms with Crippen molar-refractivity contribution in [3.05, 3.63) is 24.3 Å². The van der Waals surface area contributed by atoms with Gasteiger partial charge in [0.1, 0.15) is 0 Å². The van der Waals surface area contributed by atoms with Crippen molar-refractivity contribution in [3.63, 3.8) is 0 Å². The fraction of sp³-hybridized carbons (Fsp3) is 0.903. The van der Waals surface area contributed by atoms with Gasteiger partial charge in [-0.3, -0.25) is 9.59 Å². The highest BCUT2D eigenvalue weighted by Gasteiger charge is 2.20. The molecule has 0 aliphatic heterocycles. The summed E-state index contributed by atoms with van der Waals surface area (Å²) in [5, 5.41) is 23.3. The van der Waals surface area contributed by atoms with Gasteiger partial charge in [0.2, 0.25) is 5.91 Å². The average Bonchev–Trinajstić information content (AvgIpc) is 3.34. The second kappa shape index (κ2) is 57.9. The van der Waals surface area contributed by atoms with Gasteiger partial charge in [0.15, 0.2) is 0 Å². The Morgan fingerprint density at radius 2 is 0.691 bits per heavy atom. The van der Waals surface area contributed by atoms with E-state index in [9.17, 15) is 19.8 Å². The number of carbonyl (C=O) groups excluding carboxylic acids is 2. The van der Waals surface area contributed by atoms with E-state index in [4.69, 9.17) is 4.74 Å². The van der Waals surface area contributed by atoms with Crippen LogP contribution in [0.15, 0.2) is 24.3 Å². The third kappa shape index (κ3) is 53.7. The highest BCUT2D eigenvalue weighted by molar-refractivity contribution is 5.76. The maximum Gasteiger partial charge on any atom is 0.305 e. The first-order chi connectivity index (χ1) is 33.5. The van der Waals surface area contributed by atoms with Crippen LogP contribution in [0, 0.1) is 0 Å². The predicted octanol–water partition coefficient (Wildman–Crippen LogP) is 19.0. The van der Waals surface area contributed by atoms with Crippen molar-refractivity contribution in [1.82, 2.24) is 5.32 Å². The number of rotatable bonds is 57. The highest BCUT2D eigenvalue weighted by atomic mass is 16.5. The first-order valence-corrected chi connectivity index (χ1v) is 30.6. The van der Waals surface area contributed by atoms with E-state index in [2.05, 4.69) is 43.5 Å². The van der Waals surface area contributed by atoms with E-state index in [-0.39, 0.29) is 18.5 Å². The van der Waals surface area contributed by atoms with Crippen LogP contribution in [0.5, 0.6) is 0 Å². The van der Waals surface area contributed by atoms with Gasteiger partial charge < -0.3 is 20.3 Å². The SMILES string of the molecule is CCCCCCCCC/C=C\CCCCCCCC(=O)OCCCCCCCCC/C=C\CCCCCCCC(=O)NC(CO)C(O)CCCCCCCCCCCCCCCCCCCCC. The van der Waals surface area contributed by atoms with E-state index < -0.39 is 12.1 Å². The van der Waals surface area contributed by atoms with Gasteiger partial charge in [0.25, 0.3) is 0 Å². The Labute approximate surface area is 424 Å². The third-order valence-corrected chi connectivity index (χ3v) is 14.2. The lowest BCUT2D eigenvalue weighted by molar-refractivity contribution is -0.143. The van der Waals surface area contributed by atoms with Crippen molar-refractivity contribution in [3.8, 4) is 0 Å². The van der Waals surface area contributed by atoms with E-state index in [0.29, 0.717) is 25.9 Å². The van der Waals surface area contributed by atoms with E-state index >= 15 is 0 Å². The molecule has 0 saturated heterocycles. The second-order valence-electron chi connectivity index (χ2n) is 21.0. The van der Waals surface area contributed by atoms with Gasteiger partial charge in [-0.2, -0.15) is 0 Å². The molecule has 0 spiro atoms.